The molecular weight excluding hydrogens is 304 g/mol. The fourth-order valence-electron chi connectivity index (χ4n) is 2.62. The lowest BCUT2D eigenvalue weighted by Gasteiger charge is -2.32. The highest BCUT2D eigenvalue weighted by atomic mass is 35.5. The molecular formula is C15H19ClN4O2. The Balaban J connectivity index is 0.00000176. The van der Waals surface area contributed by atoms with E-state index in [1.165, 1.54) is 10.9 Å². The topological polar surface area (TPSA) is 67.2 Å². The van der Waals surface area contributed by atoms with Gasteiger partial charge in [-0.15, -0.1) is 12.4 Å². The van der Waals surface area contributed by atoms with Gasteiger partial charge in [0, 0.05) is 25.7 Å². The van der Waals surface area contributed by atoms with E-state index in [9.17, 15) is 9.59 Å². The Morgan fingerprint density at radius 3 is 2.95 bits per heavy atom. The van der Waals surface area contributed by atoms with Crippen LogP contribution in [-0.4, -0.2) is 46.0 Å². The maximum absolute atomic E-state index is 12.4. The predicted molar refractivity (Wildman–Crippen MR) is 87.3 cm³/mol. The van der Waals surface area contributed by atoms with Crippen molar-refractivity contribution in [2.75, 3.05) is 19.6 Å². The SMILES string of the molecule is C[C@@H]1CN(C(=O)Cn2cnc3ccccc3c2=O)CCN1.Cl. The molecule has 0 aliphatic carbocycles. The van der Waals surface area contributed by atoms with Gasteiger partial charge in [-0.1, -0.05) is 12.1 Å². The first-order valence-corrected chi connectivity index (χ1v) is 7.10. The summed E-state index contributed by atoms with van der Waals surface area (Å²) in [5.74, 6) is -0.0393. The van der Waals surface area contributed by atoms with Crippen LogP contribution < -0.4 is 10.9 Å². The molecule has 1 saturated heterocycles. The number of carbonyl (C=O) groups is 1. The summed E-state index contributed by atoms with van der Waals surface area (Å²) < 4.78 is 1.39. The van der Waals surface area contributed by atoms with E-state index in [1.807, 2.05) is 13.0 Å². The van der Waals surface area contributed by atoms with Crippen molar-refractivity contribution < 1.29 is 4.79 Å². The number of para-hydroxylation sites is 1. The molecule has 1 N–H and O–H groups in total. The van der Waals surface area contributed by atoms with Gasteiger partial charge in [0.2, 0.25) is 5.91 Å². The van der Waals surface area contributed by atoms with Gasteiger partial charge in [0.1, 0.15) is 6.54 Å². The van der Waals surface area contributed by atoms with Gasteiger partial charge in [0.15, 0.2) is 0 Å². The second-order valence-corrected chi connectivity index (χ2v) is 5.39. The molecule has 1 atom stereocenters. The highest BCUT2D eigenvalue weighted by Crippen LogP contribution is 2.05. The fourth-order valence-corrected chi connectivity index (χ4v) is 2.62. The number of carbonyl (C=O) groups excluding carboxylic acids is 1. The number of nitrogens with zero attached hydrogens (tertiary/aromatic N) is 3. The zero-order chi connectivity index (χ0) is 14.8. The lowest BCUT2D eigenvalue weighted by atomic mass is 10.2. The molecule has 1 aliphatic heterocycles. The third kappa shape index (κ3) is 3.28. The minimum Gasteiger partial charge on any atom is -0.338 e. The van der Waals surface area contributed by atoms with Crippen LogP contribution in [0.4, 0.5) is 0 Å². The second kappa shape index (κ2) is 6.89. The third-order valence-corrected chi connectivity index (χ3v) is 3.76. The second-order valence-electron chi connectivity index (χ2n) is 5.39. The largest absolute Gasteiger partial charge is 0.338 e. The molecule has 1 aromatic heterocycles. The van der Waals surface area contributed by atoms with Gasteiger partial charge < -0.3 is 10.2 Å². The number of nitrogens with one attached hydrogen (secondary N) is 1. The Morgan fingerprint density at radius 2 is 2.18 bits per heavy atom. The molecule has 2 aromatic rings. The maximum atomic E-state index is 12.4. The lowest BCUT2D eigenvalue weighted by molar-refractivity contribution is -0.133. The molecule has 1 aromatic carbocycles. The number of hydrogen-bond donors (Lipinski definition) is 1. The fraction of sp³-hybridized carbons (Fsp3) is 0.400. The summed E-state index contributed by atoms with van der Waals surface area (Å²) in [5.41, 5.74) is 0.485. The van der Waals surface area contributed by atoms with Crippen molar-refractivity contribution in [3.05, 3.63) is 40.9 Å². The summed E-state index contributed by atoms with van der Waals surface area (Å²) in [6.07, 6.45) is 1.45. The van der Waals surface area contributed by atoms with E-state index >= 15 is 0 Å². The zero-order valence-electron chi connectivity index (χ0n) is 12.4. The Labute approximate surface area is 134 Å². The molecule has 1 aliphatic rings. The minimum absolute atomic E-state index is 0. The van der Waals surface area contributed by atoms with Crippen molar-refractivity contribution in [1.82, 2.24) is 19.8 Å². The van der Waals surface area contributed by atoms with Crippen molar-refractivity contribution in [2.45, 2.75) is 19.5 Å². The number of halogens is 1. The van der Waals surface area contributed by atoms with Crippen molar-refractivity contribution in [3.63, 3.8) is 0 Å². The summed E-state index contributed by atoms with van der Waals surface area (Å²) in [7, 11) is 0. The first kappa shape index (κ1) is 16.5. The van der Waals surface area contributed by atoms with Crippen LogP contribution in [0.2, 0.25) is 0 Å². The number of rotatable bonds is 2. The Bertz CT molecular complexity index is 731. The highest BCUT2D eigenvalue weighted by molar-refractivity contribution is 5.85. The molecule has 6 nitrogen and oxygen atoms in total. The molecule has 1 amide bonds. The van der Waals surface area contributed by atoms with Crippen LogP contribution in [0.25, 0.3) is 10.9 Å². The van der Waals surface area contributed by atoms with Gasteiger partial charge >= 0.3 is 0 Å². The van der Waals surface area contributed by atoms with Gasteiger partial charge in [-0.3, -0.25) is 14.2 Å². The van der Waals surface area contributed by atoms with Crippen LogP contribution in [0.3, 0.4) is 0 Å². The van der Waals surface area contributed by atoms with E-state index in [2.05, 4.69) is 10.3 Å². The van der Waals surface area contributed by atoms with Crippen LogP contribution in [0.5, 0.6) is 0 Å². The summed E-state index contributed by atoms with van der Waals surface area (Å²) >= 11 is 0. The maximum Gasteiger partial charge on any atom is 0.261 e. The van der Waals surface area contributed by atoms with Crippen molar-refractivity contribution >= 4 is 29.2 Å². The Kier molecular flexibility index (Phi) is 5.15. The average molecular weight is 323 g/mol. The number of benzene rings is 1. The molecule has 3 rings (SSSR count). The quantitative estimate of drug-likeness (QED) is 0.881. The van der Waals surface area contributed by atoms with Gasteiger partial charge in [0.25, 0.3) is 5.56 Å². The first-order chi connectivity index (χ1) is 10.1. The number of piperazine rings is 1. The standard InChI is InChI=1S/C15H18N4O2.ClH/c1-11-8-18(7-6-16-11)14(20)9-19-10-17-13-5-3-2-4-12(13)15(19)21;/h2-5,10-11,16H,6-9H2,1H3;1H/t11-;/m1./s1. The number of hydrogen-bond acceptors (Lipinski definition) is 4. The normalized spacial score (nSPS) is 18.0. The smallest absolute Gasteiger partial charge is 0.261 e. The average Bonchev–Trinajstić information content (AvgIpc) is 2.50. The van der Waals surface area contributed by atoms with E-state index in [4.69, 9.17) is 0 Å². The van der Waals surface area contributed by atoms with Crippen LogP contribution in [0.1, 0.15) is 6.92 Å². The minimum atomic E-state index is -0.169. The molecule has 0 bridgehead atoms. The van der Waals surface area contributed by atoms with Gasteiger partial charge in [-0.05, 0) is 19.1 Å². The van der Waals surface area contributed by atoms with Crippen molar-refractivity contribution in [3.8, 4) is 0 Å². The van der Waals surface area contributed by atoms with Crippen LogP contribution in [0, 0.1) is 0 Å². The Hall–Kier alpha value is -1.92. The molecule has 118 valence electrons. The molecule has 0 unspecified atom stereocenters. The van der Waals surface area contributed by atoms with Gasteiger partial charge in [-0.2, -0.15) is 0 Å². The van der Waals surface area contributed by atoms with Crippen molar-refractivity contribution in [1.29, 1.82) is 0 Å². The molecule has 0 radical (unpaired) electrons. The molecule has 0 saturated carbocycles. The van der Waals surface area contributed by atoms with E-state index in [1.54, 1.807) is 23.1 Å². The molecule has 7 heteroatoms. The van der Waals surface area contributed by atoms with Crippen LogP contribution in [0.15, 0.2) is 35.4 Å². The number of fused-ring (bicyclic) bond motifs is 1. The summed E-state index contributed by atoms with van der Waals surface area (Å²) in [6.45, 7) is 4.23. The van der Waals surface area contributed by atoms with E-state index in [-0.39, 0.29) is 36.5 Å². The Morgan fingerprint density at radius 1 is 1.41 bits per heavy atom. The third-order valence-electron chi connectivity index (χ3n) is 3.76. The molecule has 2 heterocycles. The zero-order valence-corrected chi connectivity index (χ0v) is 13.2. The highest BCUT2D eigenvalue weighted by Gasteiger charge is 2.21. The summed E-state index contributed by atoms with van der Waals surface area (Å²) in [5, 5.41) is 3.83. The summed E-state index contributed by atoms with van der Waals surface area (Å²) in [6, 6.07) is 7.45. The molecule has 22 heavy (non-hydrogen) atoms. The van der Waals surface area contributed by atoms with E-state index in [0.717, 1.165) is 6.54 Å². The predicted octanol–water partition coefficient (Wildman–Crippen LogP) is 0.639. The van der Waals surface area contributed by atoms with Gasteiger partial charge in [0.05, 0.1) is 17.2 Å². The van der Waals surface area contributed by atoms with E-state index < -0.39 is 0 Å². The van der Waals surface area contributed by atoms with E-state index in [0.29, 0.717) is 24.0 Å². The number of amides is 1. The van der Waals surface area contributed by atoms with Crippen LogP contribution in [-0.2, 0) is 11.3 Å². The van der Waals surface area contributed by atoms with Gasteiger partial charge in [-0.25, -0.2) is 4.98 Å². The van der Waals surface area contributed by atoms with Crippen LogP contribution >= 0.6 is 12.4 Å². The summed E-state index contributed by atoms with van der Waals surface area (Å²) in [4.78, 5) is 30.7. The van der Waals surface area contributed by atoms with Crippen molar-refractivity contribution in [2.24, 2.45) is 0 Å². The first-order valence-electron chi connectivity index (χ1n) is 7.10. The lowest BCUT2D eigenvalue weighted by Crippen LogP contribution is -2.52. The molecule has 1 fully saturated rings. The monoisotopic (exact) mass is 322 g/mol. The number of aromatic nitrogens is 2. The molecule has 0 spiro atoms.